The van der Waals surface area contributed by atoms with Gasteiger partial charge in [0.1, 0.15) is 5.75 Å². The lowest BCUT2D eigenvalue weighted by atomic mass is 9.73. The van der Waals surface area contributed by atoms with Gasteiger partial charge >= 0.3 is 0 Å². The van der Waals surface area contributed by atoms with E-state index in [1.165, 1.54) is 12.8 Å². The third kappa shape index (κ3) is 2.99. The first-order valence-corrected chi connectivity index (χ1v) is 7.04. The molecular formula is C15H22ClNO. The fraction of sp³-hybridized carbons (Fsp3) is 0.600. The van der Waals surface area contributed by atoms with Crippen LogP contribution in [0.5, 0.6) is 5.75 Å². The van der Waals surface area contributed by atoms with Crippen molar-refractivity contribution in [2.45, 2.75) is 39.3 Å². The van der Waals surface area contributed by atoms with Gasteiger partial charge in [0.05, 0.1) is 7.11 Å². The smallest absolute Gasteiger partial charge is 0.124 e. The molecule has 0 bridgehead atoms. The van der Waals surface area contributed by atoms with E-state index in [-0.39, 0.29) is 0 Å². The van der Waals surface area contributed by atoms with Gasteiger partial charge in [-0.05, 0) is 36.8 Å². The minimum atomic E-state index is 0.637. The summed E-state index contributed by atoms with van der Waals surface area (Å²) in [6.07, 6.45) is 2.56. The number of rotatable bonds is 5. The molecule has 100 valence electrons. The summed E-state index contributed by atoms with van der Waals surface area (Å²) in [5.41, 5.74) is 1.06. The van der Waals surface area contributed by atoms with E-state index in [2.05, 4.69) is 19.2 Å². The number of nitrogens with one attached hydrogen (secondary N) is 1. The van der Waals surface area contributed by atoms with Crippen molar-refractivity contribution < 1.29 is 4.74 Å². The molecule has 1 N–H and O–H groups in total. The predicted octanol–water partition coefficient (Wildman–Crippen LogP) is 3.87. The van der Waals surface area contributed by atoms with Gasteiger partial charge in [-0.25, -0.2) is 0 Å². The molecule has 1 aromatic carbocycles. The van der Waals surface area contributed by atoms with Crippen LogP contribution in [-0.2, 0) is 6.54 Å². The van der Waals surface area contributed by atoms with Crippen LogP contribution >= 0.6 is 11.6 Å². The topological polar surface area (TPSA) is 21.3 Å². The van der Waals surface area contributed by atoms with E-state index in [1.807, 2.05) is 18.2 Å². The van der Waals surface area contributed by atoms with E-state index < -0.39 is 0 Å². The average Bonchev–Trinajstić information content (AvgIpc) is 2.28. The highest BCUT2D eigenvalue weighted by Gasteiger charge is 2.30. The molecular weight excluding hydrogens is 246 g/mol. The third-order valence-corrected chi connectivity index (χ3v) is 4.33. The molecule has 1 aliphatic carbocycles. The van der Waals surface area contributed by atoms with Crippen LogP contribution in [0.25, 0.3) is 0 Å². The van der Waals surface area contributed by atoms with Crippen molar-refractivity contribution in [2.24, 2.45) is 11.8 Å². The molecule has 1 aromatic rings. The minimum Gasteiger partial charge on any atom is -0.496 e. The average molecular weight is 268 g/mol. The van der Waals surface area contributed by atoms with Crippen molar-refractivity contribution in [3.05, 3.63) is 28.8 Å². The molecule has 18 heavy (non-hydrogen) atoms. The molecule has 0 saturated heterocycles. The summed E-state index contributed by atoms with van der Waals surface area (Å²) in [7, 11) is 1.69. The standard InChI is InChI=1S/C15H22ClNO/c1-10(2)11-7-12(8-11)17-9-13-14(16)5-4-6-15(13)18-3/h4-6,10-12,17H,7-9H2,1-3H3. The molecule has 0 unspecified atom stereocenters. The van der Waals surface area contributed by atoms with Gasteiger partial charge < -0.3 is 10.1 Å². The summed E-state index contributed by atoms with van der Waals surface area (Å²) in [6, 6.07) is 6.43. The molecule has 3 heteroatoms. The van der Waals surface area contributed by atoms with Crippen LogP contribution in [0.15, 0.2) is 18.2 Å². The predicted molar refractivity (Wildman–Crippen MR) is 76.2 cm³/mol. The Kier molecular flexibility index (Phi) is 4.52. The first kappa shape index (κ1) is 13.7. The van der Waals surface area contributed by atoms with Crippen LogP contribution in [0.1, 0.15) is 32.3 Å². The maximum Gasteiger partial charge on any atom is 0.124 e. The molecule has 2 rings (SSSR count). The van der Waals surface area contributed by atoms with Crippen LogP contribution in [0, 0.1) is 11.8 Å². The zero-order valence-electron chi connectivity index (χ0n) is 11.4. The van der Waals surface area contributed by atoms with Gasteiger partial charge in [0.2, 0.25) is 0 Å². The van der Waals surface area contributed by atoms with Crippen LogP contribution in [-0.4, -0.2) is 13.2 Å². The SMILES string of the molecule is COc1cccc(Cl)c1CNC1CC(C(C)C)C1. The molecule has 0 aliphatic heterocycles. The van der Waals surface area contributed by atoms with Crippen molar-refractivity contribution in [1.82, 2.24) is 5.32 Å². The lowest BCUT2D eigenvalue weighted by molar-refractivity contribution is 0.167. The quantitative estimate of drug-likeness (QED) is 0.874. The van der Waals surface area contributed by atoms with Crippen molar-refractivity contribution in [3.8, 4) is 5.75 Å². The van der Waals surface area contributed by atoms with Gasteiger partial charge in [-0.15, -0.1) is 0 Å². The summed E-state index contributed by atoms with van der Waals surface area (Å²) in [6.45, 7) is 5.40. The molecule has 0 heterocycles. The Morgan fingerprint density at radius 3 is 2.72 bits per heavy atom. The van der Waals surface area contributed by atoms with Crippen molar-refractivity contribution >= 4 is 11.6 Å². The largest absolute Gasteiger partial charge is 0.496 e. The molecule has 2 nitrogen and oxygen atoms in total. The fourth-order valence-corrected chi connectivity index (χ4v) is 2.75. The third-order valence-electron chi connectivity index (χ3n) is 3.98. The lowest BCUT2D eigenvalue weighted by Crippen LogP contribution is -2.42. The fourth-order valence-electron chi connectivity index (χ4n) is 2.52. The Bertz CT molecular complexity index is 399. The number of halogens is 1. The lowest BCUT2D eigenvalue weighted by Gasteiger charge is -2.38. The zero-order chi connectivity index (χ0) is 13.1. The highest BCUT2D eigenvalue weighted by atomic mass is 35.5. The number of hydrogen-bond acceptors (Lipinski definition) is 2. The monoisotopic (exact) mass is 267 g/mol. The molecule has 0 spiro atoms. The first-order chi connectivity index (χ1) is 8.61. The van der Waals surface area contributed by atoms with Crippen LogP contribution in [0.2, 0.25) is 5.02 Å². The summed E-state index contributed by atoms with van der Waals surface area (Å²) in [5, 5.41) is 4.35. The van der Waals surface area contributed by atoms with Gasteiger partial charge in [-0.3, -0.25) is 0 Å². The summed E-state index contributed by atoms with van der Waals surface area (Å²) in [5.74, 6) is 2.56. The number of hydrogen-bond donors (Lipinski definition) is 1. The second-order valence-corrected chi connectivity index (χ2v) is 5.88. The molecule has 1 aliphatic rings. The number of methoxy groups -OCH3 is 1. The van der Waals surface area contributed by atoms with Crippen LogP contribution < -0.4 is 10.1 Å². The number of ether oxygens (including phenoxy) is 1. The van der Waals surface area contributed by atoms with Crippen LogP contribution in [0.4, 0.5) is 0 Å². The maximum atomic E-state index is 6.21. The van der Waals surface area contributed by atoms with Crippen molar-refractivity contribution in [1.29, 1.82) is 0 Å². The first-order valence-electron chi connectivity index (χ1n) is 6.66. The number of benzene rings is 1. The van der Waals surface area contributed by atoms with Gasteiger partial charge in [0.25, 0.3) is 0 Å². The van der Waals surface area contributed by atoms with Gasteiger partial charge in [0, 0.05) is 23.2 Å². The molecule has 0 aromatic heterocycles. The van der Waals surface area contributed by atoms with E-state index >= 15 is 0 Å². The van der Waals surface area contributed by atoms with E-state index in [0.717, 1.165) is 34.7 Å². The zero-order valence-corrected chi connectivity index (χ0v) is 12.1. The summed E-state index contributed by atoms with van der Waals surface area (Å²) in [4.78, 5) is 0. The van der Waals surface area contributed by atoms with Crippen molar-refractivity contribution in [3.63, 3.8) is 0 Å². The molecule has 0 atom stereocenters. The molecule has 1 fully saturated rings. The Morgan fingerprint density at radius 1 is 1.39 bits per heavy atom. The van der Waals surface area contributed by atoms with Gasteiger partial charge in [-0.2, -0.15) is 0 Å². The van der Waals surface area contributed by atoms with Crippen molar-refractivity contribution in [2.75, 3.05) is 7.11 Å². The Hall–Kier alpha value is -0.730. The van der Waals surface area contributed by atoms with Crippen LogP contribution in [0.3, 0.4) is 0 Å². The molecule has 1 saturated carbocycles. The molecule has 0 radical (unpaired) electrons. The highest BCUT2D eigenvalue weighted by molar-refractivity contribution is 6.31. The Balaban J connectivity index is 1.88. The molecule has 0 amide bonds. The second-order valence-electron chi connectivity index (χ2n) is 5.47. The summed E-state index contributed by atoms with van der Waals surface area (Å²) >= 11 is 6.21. The van der Waals surface area contributed by atoms with E-state index in [1.54, 1.807) is 7.11 Å². The Morgan fingerprint density at radius 2 is 2.11 bits per heavy atom. The summed E-state index contributed by atoms with van der Waals surface area (Å²) < 4.78 is 5.35. The minimum absolute atomic E-state index is 0.637. The second kappa shape index (κ2) is 5.94. The van der Waals surface area contributed by atoms with Gasteiger partial charge in [0.15, 0.2) is 0 Å². The van der Waals surface area contributed by atoms with Gasteiger partial charge in [-0.1, -0.05) is 31.5 Å². The highest BCUT2D eigenvalue weighted by Crippen LogP contribution is 2.34. The van der Waals surface area contributed by atoms with E-state index in [0.29, 0.717) is 6.04 Å². The van der Waals surface area contributed by atoms with E-state index in [9.17, 15) is 0 Å². The normalized spacial score (nSPS) is 22.9. The Labute approximate surface area is 115 Å². The van der Waals surface area contributed by atoms with E-state index in [4.69, 9.17) is 16.3 Å². The maximum absolute atomic E-state index is 6.21.